The lowest BCUT2D eigenvalue weighted by atomic mass is 10.1. The van der Waals surface area contributed by atoms with E-state index in [1.165, 1.54) is 7.11 Å². The highest BCUT2D eigenvalue weighted by Gasteiger charge is 2.33. The molecule has 0 saturated heterocycles. The highest BCUT2D eigenvalue weighted by Crippen LogP contribution is 2.28. The van der Waals surface area contributed by atoms with Gasteiger partial charge in [0.25, 0.3) is 5.91 Å². The number of aromatic nitrogens is 1. The summed E-state index contributed by atoms with van der Waals surface area (Å²) in [7, 11) is 1.37. The number of amides is 1. The van der Waals surface area contributed by atoms with E-state index in [0.717, 1.165) is 18.5 Å². The molecule has 0 spiro atoms. The van der Waals surface area contributed by atoms with Gasteiger partial charge >= 0.3 is 5.97 Å². The van der Waals surface area contributed by atoms with Gasteiger partial charge in [-0.05, 0) is 49.2 Å². The lowest BCUT2D eigenvalue weighted by Gasteiger charge is -2.22. The molecule has 0 N–H and O–H groups in total. The van der Waals surface area contributed by atoms with Crippen molar-refractivity contribution >= 4 is 11.9 Å². The minimum atomic E-state index is -0.286. The van der Waals surface area contributed by atoms with Crippen LogP contribution in [-0.2, 0) is 9.53 Å². The molecule has 0 radical (unpaired) electrons. The van der Waals surface area contributed by atoms with Crippen molar-refractivity contribution in [2.24, 2.45) is 0 Å². The normalized spacial score (nSPS) is 13.6. The standard InChI is InChI=1S/C18H20N2O3/c1-23-17(21)10-13-20(16-8-9-16)18(22)14-4-6-15(7-5-14)19-11-2-3-12-19/h2-7,11-12,16H,8-10,13H2,1H3. The van der Waals surface area contributed by atoms with E-state index in [9.17, 15) is 9.59 Å². The second-order valence-electron chi connectivity index (χ2n) is 5.69. The van der Waals surface area contributed by atoms with Crippen LogP contribution in [0.25, 0.3) is 5.69 Å². The molecular weight excluding hydrogens is 292 g/mol. The van der Waals surface area contributed by atoms with Gasteiger partial charge in [-0.15, -0.1) is 0 Å². The van der Waals surface area contributed by atoms with Gasteiger partial charge in [0, 0.05) is 36.2 Å². The zero-order valence-corrected chi connectivity index (χ0v) is 13.1. The summed E-state index contributed by atoms with van der Waals surface area (Å²) in [6.45, 7) is 0.412. The molecule has 1 aliphatic carbocycles. The molecule has 1 saturated carbocycles. The average Bonchev–Trinajstić information content (AvgIpc) is 3.27. The molecule has 1 fully saturated rings. The Morgan fingerprint density at radius 1 is 1.17 bits per heavy atom. The summed E-state index contributed by atoms with van der Waals surface area (Å²) >= 11 is 0. The van der Waals surface area contributed by atoms with Gasteiger partial charge in [0.2, 0.25) is 0 Å². The summed E-state index contributed by atoms with van der Waals surface area (Å²) in [6, 6.07) is 11.7. The smallest absolute Gasteiger partial charge is 0.307 e. The van der Waals surface area contributed by atoms with Crippen molar-refractivity contribution in [3.63, 3.8) is 0 Å². The number of carbonyl (C=O) groups is 2. The second-order valence-corrected chi connectivity index (χ2v) is 5.69. The van der Waals surface area contributed by atoms with Crippen molar-refractivity contribution in [2.75, 3.05) is 13.7 Å². The Bertz CT molecular complexity index is 673. The Hall–Kier alpha value is -2.56. The fraction of sp³-hybridized carbons (Fsp3) is 0.333. The van der Waals surface area contributed by atoms with E-state index in [1.54, 1.807) is 4.90 Å². The molecule has 1 aliphatic rings. The monoisotopic (exact) mass is 312 g/mol. The van der Waals surface area contributed by atoms with Crippen LogP contribution in [0.1, 0.15) is 29.6 Å². The lowest BCUT2D eigenvalue weighted by molar-refractivity contribution is -0.140. The molecule has 23 heavy (non-hydrogen) atoms. The van der Waals surface area contributed by atoms with Gasteiger partial charge in [-0.3, -0.25) is 9.59 Å². The fourth-order valence-electron chi connectivity index (χ4n) is 2.60. The van der Waals surface area contributed by atoms with Gasteiger partial charge in [0.15, 0.2) is 0 Å². The SMILES string of the molecule is COC(=O)CCN(C(=O)c1ccc(-n2cccc2)cc1)C1CC1. The minimum absolute atomic E-state index is 0.0181. The predicted molar refractivity (Wildman–Crippen MR) is 86.5 cm³/mol. The summed E-state index contributed by atoms with van der Waals surface area (Å²) in [4.78, 5) is 25.8. The van der Waals surface area contributed by atoms with Crippen LogP contribution in [0, 0.1) is 0 Å². The van der Waals surface area contributed by atoms with E-state index in [4.69, 9.17) is 0 Å². The molecule has 3 rings (SSSR count). The Morgan fingerprint density at radius 3 is 2.39 bits per heavy atom. The molecule has 0 aliphatic heterocycles. The number of hydrogen-bond acceptors (Lipinski definition) is 3. The van der Waals surface area contributed by atoms with Crippen molar-refractivity contribution in [2.45, 2.75) is 25.3 Å². The van der Waals surface area contributed by atoms with Crippen LogP contribution < -0.4 is 0 Å². The van der Waals surface area contributed by atoms with E-state index < -0.39 is 0 Å². The van der Waals surface area contributed by atoms with Gasteiger partial charge in [0.05, 0.1) is 13.5 Å². The number of ether oxygens (including phenoxy) is 1. The van der Waals surface area contributed by atoms with Gasteiger partial charge in [-0.25, -0.2) is 0 Å². The van der Waals surface area contributed by atoms with Crippen LogP contribution >= 0.6 is 0 Å². The van der Waals surface area contributed by atoms with Crippen molar-refractivity contribution in [3.8, 4) is 5.69 Å². The molecular formula is C18H20N2O3. The Kier molecular flexibility index (Phi) is 4.46. The zero-order valence-electron chi connectivity index (χ0n) is 13.1. The van der Waals surface area contributed by atoms with Gasteiger partial charge in [-0.1, -0.05) is 0 Å². The maximum atomic E-state index is 12.7. The lowest BCUT2D eigenvalue weighted by Crippen LogP contribution is -2.35. The summed E-state index contributed by atoms with van der Waals surface area (Å²) < 4.78 is 6.65. The Morgan fingerprint density at radius 2 is 1.83 bits per heavy atom. The first kappa shape index (κ1) is 15.3. The third kappa shape index (κ3) is 3.62. The number of hydrogen-bond donors (Lipinski definition) is 0. The van der Waals surface area contributed by atoms with Crippen LogP contribution in [0.3, 0.4) is 0 Å². The van der Waals surface area contributed by atoms with E-state index in [1.807, 2.05) is 53.4 Å². The highest BCUT2D eigenvalue weighted by molar-refractivity contribution is 5.95. The van der Waals surface area contributed by atoms with Crippen LogP contribution in [0.4, 0.5) is 0 Å². The van der Waals surface area contributed by atoms with Crippen LogP contribution in [0.2, 0.25) is 0 Å². The molecule has 1 amide bonds. The van der Waals surface area contributed by atoms with Crippen molar-refractivity contribution in [1.29, 1.82) is 0 Å². The quantitative estimate of drug-likeness (QED) is 0.771. The molecule has 1 heterocycles. The average molecular weight is 312 g/mol. The largest absolute Gasteiger partial charge is 0.469 e. The predicted octanol–water partition coefficient (Wildman–Crippen LogP) is 2.65. The Balaban J connectivity index is 1.71. The highest BCUT2D eigenvalue weighted by atomic mass is 16.5. The number of carbonyl (C=O) groups excluding carboxylic acids is 2. The van der Waals surface area contributed by atoms with Gasteiger partial charge < -0.3 is 14.2 Å². The van der Waals surface area contributed by atoms with E-state index in [-0.39, 0.29) is 24.3 Å². The van der Waals surface area contributed by atoms with E-state index >= 15 is 0 Å². The van der Waals surface area contributed by atoms with E-state index in [0.29, 0.717) is 12.1 Å². The number of rotatable bonds is 6. The van der Waals surface area contributed by atoms with Crippen LogP contribution in [0.5, 0.6) is 0 Å². The third-order valence-electron chi connectivity index (χ3n) is 4.05. The summed E-state index contributed by atoms with van der Waals surface area (Å²) in [5.74, 6) is -0.304. The molecule has 0 atom stereocenters. The van der Waals surface area contributed by atoms with Gasteiger partial charge in [-0.2, -0.15) is 0 Å². The maximum absolute atomic E-state index is 12.7. The Labute approximate surface area is 135 Å². The number of methoxy groups -OCH3 is 1. The van der Waals surface area contributed by atoms with Crippen LogP contribution in [-0.4, -0.2) is 41.0 Å². The minimum Gasteiger partial charge on any atom is -0.469 e. The molecule has 5 nitrogen and oxygen atoms in total. The first-order chi connectivity index (χ1) is 11.2. The topological polar surface area (TPSA) is 51.5 Å². The van der Waals surface area contributed by atoms with E-state index in [2.05, 4.69) is 4.74 Å². The van der Waals surface area contributed by atoms with Gasteiger partial charge in [0.1, 0.15) is 0 Å². The molecule has 1 aromatic heterocycles. The molecule has 2 aromatic rings. The molecule has 1 aromatic carbocycles. The van der Waals surface area contributed by atoms with Crippen molar-refractivity contribution < 1.29 is 14.3 Å². The second kappa shape index (κ2) is 6.69. The molecule has 5 heteroatoms. The number of benzene rings is 1. The summed E-state index contributed by atoms with van der Waals surface area (Å²) in [5.41, 5.74) is 1.66. The van der Waals surface area contributed by atoms with Crippen molar-refractivity contribution in [3.05, 3.63) is 54.4 Å². The third-order valence-corrected chi connectivity index (χ3v) is 4.05. The molecule has 0 bridgehead atoms. The van der Waals surface area contributed by atoms with Crippen LogP contribution in [0.15, 0.2) is 48.8 Å². The zero-order chi connectivity index (χ0) is 16.2. The summed E-state index contributed by atoms with van der Waals surface area (Å²) in [5, 5.41) is 0. The van der Waals surface area contributed by atoms with Crippen molar-refractivity contribution in [1.82, 2.24) is 9.47 Å². The fourth-order valence-corrected chi connectivity index (χ4v) is 2.60. The molecule has 120 valence electrons. The first-order valence-corrected chi connectivity index (χ1v) is 7.80. The maximum Gasteiger partial charge on any atom is 0.307 e. The number of nitrogens with zero attached hydrogens (tertiary/aromatic N) is 2. The molecule has 0 unspecified atom stereocenters. The number of esters is 1. The first-order valence-electron chi connectivity index (χ1n) is 7.80. The summed E-state index contributed by atoms with van der Waals surface area (Å²) in [6.07, 6.45) is 6.18.